The molecule has 1 unspecified atom stereocenters. The molecule has 1 atom stereocenters. The van der Waals surface area contributed by atoms with Crippen molar-refractivity contribution in [3.05, 3.63) is 29.8 Å². The van der Waals surface area contributed by atoms with E-state index >= 15 is 0 Å². The normalized spacial score (nSPS) is 17.8. The lowest BCUT2D eigenvalue weighted by atomic mass is 9.82. The molecule has 1 aliphatic rings. The van der Waals surface area contributed by atoms with E-state index in [1.165, 1.54) is 44.7 Å². The topological polar surface area (TPSA) is 37.0 Å². The number of hydrogen-bond acceptors (Lipinski definition) is 3. The first kappa shape index (κ1) is 16.4. The Morgan fingerprint density at radius 2 is 2.14 bits per heavy atom. The molecule has 0 saturated heterocycles. The van der Waals surface area contributed by atoms with Gasteiger partial charge in [-0.3, -0.25) is 0 Å². The minimum absolute atomic E-state index is 0.361. The smallest absolute Gasteiger partial charge is 0.217 e. The number of halogens is 1. The van der Waals surface area contributed by atoms with Gasteiger partial charge in [-0.2, -0.15) is 4.39 Å². The summed E-state index contributed by atoms with van der Waals surface area (Å²) in [6, 6.07) is 4.20. The Balaban J connectivity index is 1.63. The molecular weight excluding hydrogens is 265 g/mol. The average Bonchev–Trinajstić information content (AvgIpc) is 2.53. The third-order valence-corrected chi connectivity index (χ3v) is 4.61. The lowest BCUT2D eigenvalue weighted by Crippen LogP contribution is -2.35. The number of rotatable bonds is 8. The van der Waals surface area contributed by atoms with Crippen molar-refractivity contribution >= 4 is 0 Å². The van der Waals surface area contributed by atoms with E-state index in [0.29, 0.717) is 18.2 Å². The van der Waals surface area contributed by atoms with Gasteiger partial charge in [-0.05, 0) is 51.3 Å². The Morgan fingerprint density at radius 1 is 1.33 bits per heavy atom. The van der Waals surface area contributed by atoms with E-state index in [1.54, 1.807) is 12.1 Å². The van der Waals surface area contributed by atoms with Crippen molar-refractivity contribution in [1.82, 2.24) is 15.6 Å². The number of nitrogens with one attached hydrogen (secondary N) is 2. The van der Waals surface area contributed by atoms with E-state index in [-0.39, 0.29) is 5.95 Å². The van der Waals surface area contributed by atoms with Gasteiger partial charge in [0.1, 0.15) is 0 Å². The van der Waals surface area contributed by atoms with Crippen molar-refractivity contribution < 1.29 is 4.39 Å². The van der Waals surface area contributed by atoms with Gasteiger partial charge in [-0.25, -0.2) is 4.98 Å². The zero-order chi connectivity index (χ0) is 14.9. The van der Waals surface area contributed by atoms with Crippen LogP contribution in [-0.2, 0) is 6.54 Å². The van der Waals surface area contributed by atoms with Crippen LogP contribution in [0, 0.1) is 11.9 Å². The molecule has 4 heteroatoms. The van der Waals surface area contributed by atoms with Gasteiger partial charge in [-0.1, -0.05) is 25.3 Å². The Morgan fingerprint density at radius 3 is 2.86 bits per heavy atom. The lowest BCUT2D eigenvalue weighted by molar-refractivity contribution is 0.264. The van der Waals surface area contributed by atoms with Crippen molar-refractivity contribution in [2.24, 2.45) is 5.92 Å². The van der Waals surface area contributed by atoms with Crippen LogP contribution in [-0.4, -0.2) is 24.6 Å². The van der Waals surface area contributed by atoms with E-state index in [4.69, 9.17) is 0 Å². The standard InChI is InChI=1S/C17H28FN3/c1-19-16(14-7-3-2-4-8-14)10-6-11-20-13-15-9-5-12-21-17(15)18/h5,9,12,14,16,19-20H,2-4,6-8,10-11,13H2,1H3. The molecule has 0 aliphatic heterocycles. The second kappa shape index (κ2) is 9.11. The van der Waals surface area contributed by atoms with Gasteiger partial charge >= 0.3 is 0 Å². The monoisotopic (exact) mass is 293 g/mol. The highest BCUT2D eigenvalue weighted by atomic mass is 19.1. The molecule has 0 aromatic carbocycles. The molecule has 0 bridgehead atoms. The van der Waals surface area contributed by atoms with Gasteiger partial charge in [-0.15, -0.1) is 0 Å². The Kier molecular flexibility index (Phi) is 7.10. The maximum atomic E-state index is 13.4. The minimum Gasteiger partial charge on any atom is -0.317 e. The van der Waals surface area contributed by atoms with Crippen molar-refractivity contribution in [1.29, 1.82) is 0 Å². The summed E-state index contributed by atoms with van der Waals surface area (Å²) in [6.45, 7) is 1.49. The van der Waals surface area contributed by atoms with Crippen LogP contribution in [0.25, 0.3) is 0 Å². The third kappa shape index (κ3) is 5.36. The SMILES string of the molecule is CNC(CCCNCc1cccnc1F)C1CCCCC1. The highest BCUT2D eigenvalue weighted by molar-refractivity contribution is 5.10. The van der Waals surface area contributed by atoms with Crippen LogP contribution in [0.2, 0.25) is 0 Å². The molecule has 21 heavy (non-hydrogen) atoms. The van der Waals surface area contributed by atoms with Gasteiger partial charge in [0.05, 0.1) is 0 Å². The molecule has 1 saturated carbocycles. The lowest BCUT2D eigenvalue weighted by Gasteiger charge is -2.30. The highest BCUT2D eigenvalue weighted by Crippen LogP contribution is 2.28. The van der Waals surface area contributed by atoms with E-state index < -0.39 is 0 Å². The predicted octanol–water partition coefficient (Wildman–Crippen LogP) is 3.26. The van der Waals surface area contributed by atoms with Crippen LogP contribution in [0.5, 0.6) is 0 Å². The quantitative estimate of drug-likeness (QED) is 0.570. The Labute approximate surface area is 127 Å². The second-order valence-corrected chi connectivity index (χ2v) is 6.07. The molecule has 0 radical (unpaired) electrons. The average molecular weight is 293 g/mol. The largest absolute Gasteiger partial charge is 0.317 e. The van der Waals surface area contributed by atoms with Gasteiger partial charge in [0.15, 0.2) is 0 Å². The van der Waals surface area contributed by atoms with Gasteiger partial charge < -0.3 is 10.6 Å². The van der Waals surface area contributed by atoms with Gasteiger partial charge in [0.25, 0.3) is 0 Å². The molecule has 2 N–H and O–H groups in total. The first-order valence-electron chi connectivity index (χ1n) is 8.28. The van der Waals surface area contributed by atoms with Crippen LogP contribution >= 0.6 is 0 Å². The molecule has 1 aromatic heterocycles. The Bertz CT molecular complexity index is 405. The predicted molar refractivity (Wildman–Crippen MR) is 84.6 cm³/mol. The van der Waals surface area contributed by atoms with E-state index in [9.17, 15) is 4.39 Å². The first-order chi connectivity index (χ1) is 10.3. The number of pyridine rings is 1. The fraction of sp³-hybridized carbons (Fsp3) is 0.706. The maximum Gasteiger partial charge on any atom is 0.217 e. The molecule has 0 amide bonds. The van der Waals surface area contributed by atoms with E-state index in [0.717, 1.165) is 18.9 Å². The van der Waals surface area contributed by atoms with Crippen molar-refractivity contribution in [3.8, 4) is 0 Å². The van der Waals surface area contributed by atoms with Crippen LogP contribution in [0.4, 0.5) is 4.39 Å². The molecule has 1 fully saturated rings. The van der Waals surface area contributed by atoms with Crippen LogP contribution in [0.15, 0.2) is 18.3 Å². The summed E-state index contributed by atoms with van der Waals surface area (Å²) in [4.78, 5) is 3.66. The molecule has 118 valence electrons. The van der Waals surface area contributed by atoms with E-state index in [1.807, 2.05) is 0 Å². The van der Waals surface area contributed by atoms with Crippen molar-refractivity contribution in [2.75, 3.05) is 13.6 Å². The molecule has 1 aromatic rings. The number of hydrogen-bond donors (Lipinski definition) is 2. The first-order valence-corrected chi connectivity index (χ1v) is 8.28. The molecule has 0 spiro atoms. The van der Waals surface area contributed by atoms with Crippen molar-refractivity contribution in [3.63, 3.8) is 0 Å². The summed E-state index contributed by atoms with van der Waals surface area (Å²) in [7, 11) is 2.08. The molecular formula is C17H28FN3. The highest BCUT2D eigenvalue weighted by Gasteiger charge is 2.21. The van der Waals surface area contributed by atoms with Gasteiger partial charge in [0, 0.05) is 24.3 Å². The zero-order valence-electron chi connectivity index (χ0n) is 13.1. The summed E-state index contributed by atoms with van der Waals surface area (Å²) in [5, 5.41) is 6.81. The molecule has 1 heterocycles. The Hall–Kier alpha value is -1.00. The fourth-order valence-electron chi connectivity index (χ4n) is 3.37. The fourth-order valence-corrected chi connectivity index (χ4v) is 3.37. The summed E-state index contributed by atoms with van der Waals surface area (Å²) >= 11 is 0. The summed E-state index contributed by atoms with van der Waals surface area (Å²) in [5.74, 6) is 0.486. The van der Waals surface area contributed by atoms with Crippen LogP contribution in [0.1, 0.15) is 50.5 Å². The molecule has 3 nitrogen and oxygen atoms in total. The van der Waals surface area contributed by atoms with E-state index in [2.05, 4.69) is 22.7 Å². The summed E-state index contributed by atoms with van der Waals surface area (Å²) in [5.41, 5.74) is 0.648. The second-order valence-electron chi connectivity index (χ2n) is 6.07. The minimum atomic E-state index is -0.361. The van der Waals surface area contributed by atoms with Crippen molar-refractivity contribution in [2.45, 2.75) is 57.5 Å². The molecule has 2 rings (SSSR count). The maximum absolute atomic E-state index is 13.4. The third-order valence-electron chi connectivity index (χ3n) is 4.61. The van der Waals surface area contributed by atoms with Crippen LogP contribution < -0.4 is 10.6 Å². The summed E-state index contributed by atoms with van der Waals surface area (Å²) in [6.07, 6.45) is 10.8. The number of nitrogens with zero attached hydrogens (tertiary/aromatic N) is 1. The van der Waals surface area contributed by atoms with Crippen LogP contribution in [0.3, 0.4) is 0 Å². The van der Waals surface area contributed by atoms with Gasteiger partial charge in [0.2, 0.25) is 5.95 Å². The summed E-state index contributed by atoms with van der Waals surface area (Å²) < 4.78 is 13.4. The zero-order valence-corrected chi connectivity index (χ0v) is 13.1. The number of aromatic nitrogens is 1. The molecule has 1 aliphatic carbocycles.